The predicted octanol–water partition coefficient (Wildman–Crippen LogP) is 2.28. The maximum Gasteiger partial charge on any atom is 0.242 e. The van der Waals surface area contributed by atoms with Gasteiger partial charge in [-0.25, -0.2) is 0 Å². The number of ether oxygens (including phenoxy) is 2. The molecule has 6 heteroatoms. The molecule has 0 spiro atoms. The van der Waals surface area contributed by atoms with Gasteiger partial charge in [-0.2, -0.15) is 0 Å². The summed E-state index contributed by atoms with van der Waals surface area (Å²) in [7, 11) is 3.27. The second kappa shape index (κ2) is 6.97. The van der Waals surface area contributed by atoms with E-state index in [2.05, 4.69) is 0 Å². The smallest absolute Gasteiger partial charge is 0.242 e. The molecule has 3 rings (SSSR count). The first kappa shape index (κ1) is 17.9. The quantitative estimate of drug-likeness (QED) is 0.916. The summed E-state index contributed by atoms with van der Waals surface area (Å²) in [5, 5.41) is 0. The maximum absolute atomic E-state index is 12.8. The zero-order valence-corrected chi connectivity index (χ0v) is 14.6. The Morgan fingerprint density at radius 2 is 1.70 bits per heavy atom. The van der Waals surface area contributed by atoms with Crippen molar-refractivity contribution in [2.24, 2.45) is 5.73 Å². The van der Waals surface area contributed by atoms with Crippen LogP contribution in [0.3, 0.4) is 0 Å². The van der Waals surface area contributed by atoms with E-state index in [1.807, 2.05) is 17.0 Å². The largest absolute Gasteiger partial charge is 0.493 e. The Bertz CT molecular complexity index is 585. The van der Waals surface area contributed by atoms with Crippen molar-refractivity contribution in [2.75, 3.05) is 20.8 Å². The normalized spacial score (nSPS) is 18.8. The fourth-order valence-electron chi connectivity index (χ4n) is 3.59. The van der Waals surface area contributed by atoms with Gasteiger partial charge in [0.05, 0.1) is 19.8 Å². The van der Waals surface area contributed by atoms with E-state index in [1.165, 1.54) is 5.56 Å². The van der Waals surface area contributed by atoms with Crippen molar-refractivity contribution in [1.82, 2.24) is 4.90 Å². The molecular formula is C17H25ClN2O3. The minimum absolute atomic E-state index is 0. The van der Waals surface area contributed by atoms with Crippen LogP contribution in [0.15, 0.2) is 12.1 Å². The molecule has 0 aromatic heterocycles. The van der Waals surface area contributed by atoms with Crippen molar-refractivity contribution in [3.63, 3.8) is 0 Å². The zero-order valence-electron chi connectivity index (χ0n) is 13.8. The van der Waals surface area contributed by atoms with E-state index in [1.54, 1.807) is 14.2 Å². The number of hydrogen-bond acceptors (Lipinski definition) is 4. The Hall–Kier alpha value is -1.46. The number of amides is 1. The second-order valence-corrected chi connectivity index (χ2v) is 6.32. The van der Waals surface area contributed by atoms with E-state index in [4.69, 9.17) is 15.2 Å². The highest BCUT2D eigenvalue weighted by Crippen LogP contribution is 2.35. The third kappa shape index (κ3) is 3.26. The van der Waals surface area contributed by atoms with Crippen LogP contribution in [0.1, 0.15) is 36.8 Å². The van der Waals surface area contributed by atoms with Crippen LogP contribution in [-0.4, -0.2) is 37.1 Å². The molecule has 23 heavy (non-hydrogen) atoms. The zero-order chi connectivity index (χ0) is 15.7. The van der Waals surface area contributed by atoms with Gasteiger partial charge in [-0.1, -0.05) is 12.8 Å². The van der Waals surface area contributed by atoms with Crippen LogP contribution >= 0.6 is 12.4 Å². The molecule has 0 atom stereocenters. The summed E-state index contributed by atoms with van der Waals surface area (Å²) in [6.45, 7) is 1.33. The number of hydrogen-bond donors (Lipinski definition) is 1. The Morgan fingerprint density at radius 3 is 2.26 bits per heavy atom. The molecule has 2 aliphatic rings. The first-order valence-electron chi connectivity index (χ1n) is 7.89. The third-order valence-electron chi connectivity index (χ3n) is 4.93. The molecule has 1 aromatic rings. The summed E-state index contributed by atoms with van der Waals surface area (Å²) >= 11 is 0. The van der Waals surface area contributed by atoms with Crippen molar-refractivity contribution >= 4 is 18.3 Å². The summed E-state index contributed by atoms with van der Waals surface area (Å²) in [4.78, 5) is 14.7. The fourth-order valence-corrected chi connectivity index (χ4v) is 3.59. The van der Waals surface area contributed by atoms with Crippen molar-refractivity contribution in [3.05, 3.63) is 23.3 Å². The van der Waals surface area contributed by atoms with E-state index in [9.17, 15) is 4.79 Å². The number of methoxy groups -OCH3 is 2. The maximum atomic E-state index is 12.8. The number of rotatable bonds is 3. The number of halogens is 1. The van der Waals surface area contributed by atoms with Gasteiger partial charge in [0, 0.05) is 13.1 Å². The highest BCUT2D eigenvalue weighted by Gasteiger charge is 2.40. The molecule has 1 fully saturated rings. The summed E-state index contributed by atoms with van der Waals surface area (Å²) in [5.74, 6) is 1.55. The van der Waals surface area contributed by atoms with Crippen LogP contribution < -0.4 is 15.2 Å². The number of benzene rings is 1. The molecule has 0 bridgehead atoms. The first-order chi connectivity index (χ1) is 10.6. The van der Waals surface area contributed by atoms with Gasteiger partial charge in [-0.3, -0.25) is 4.79 Å². The van der Waals surface area contributed by atoms with Gasteiger partial charge in [0.25, 0.3) is 0 Å². The summed E-state index contributed by atoms with van der Waals surface area (Å²) in [6.07, 6.45) is 4.55. The minimum Gasteiger partial charge on any atom is -0.493 e. The molecule has 1 amide bonds. The Labute approximate surface area is 143 Å². The Kier molecular flexibility index (Phi) is 5.42. The molecule has 2 N–H and O–H groups in total. The van der Waals surface area contributed by atoms with Gasteiger partial charge in [-0.15, -0.1) is 12.4 Å². The van der Waals surface area contributed by atoms with Gasteiger partial charge in [0.1, 0.15) is 0 Å². The molecule has 1 aliphatic heterocycles. The summed E-state index contributed by atoms with van der Waals surface area (Å²) < 4.78 is 10.7. The summed E-state index contributed by atoms with van der Waals surface area (Å²) in [6, 6.07) is 4.00. The lowest BCUT2D eigenvalue weighted by Crippen LogP contribution is -2.54. The lowest BCUT2D eigenvalue weighted by Gasteiger charge is -2.35. The van der Waals surface area contributed by atoms with E-state index in [-0.39, 0.29) is 18.3 Å². The second-order valence-electron chi connectivity index (χ2n) is 6.32. The molecular weight excluding hydrogens is 316 g/mol. The predicted molar refractivity (Wildman–Crippen MR) is 91.3 cm³/mol. The van der Waals surface area contributed by atoms with Crippen LogP contribution in [0.25, 0.3) is 0 Å². The monoisotopic (exact) mass is 340 g/mol. The van der Waals surface area contributed by atoms with E-state index < -0.39 is 5.54 Å². The topological polar surface area (TPSA) is 64.8 Å². The average molecular weight is 341 g/mol. The molecule has 0 unspecified atom stereocenters. The van der Waals surface area contributed by atoms with Gasteiger partial charge in [0.2, 0.25) is 5.91 Å². The van der Waals surface area contributed by atoms with Crippen LogP contribution in [0, 0.1) is 0 Å². The van der Waals surface area contributed by atoms with Gasteiger partial charge < -0.3 is 20.1 Å². The lowest BCUT2D eigenvalue weighted by molar-refractivity contribution is -0.137. The number of carbonyl (C=O) groups is 1. The fraction of sp³-hybridized carbons (Fsp3) is 0.588. The van der Waals surface area contributed by atoms with Gasteiger partial charge in [0.15, 0.2) is 11.5 Å². The first-order valence-corrected chi connectivity index (χ1v) is 7.89. The van der Waals surface area contributed by atoms with Gasteiger partial charge >= 0.3 is 0 Å². The molecule has 1 heterocycles. The average Bonchev–Trinajstić information content (AvgIpc) is 3.00. The number of fused-ring (bicyclic) bond motifs is 1. The molecule has 1 saturated carbocycles. The Morgan fingerprint density at radius 1 is 1.13 bits per heavy atom. The van der Waals surface area contributed by atoms with E-state index in [0.717, 1.165) is 50.0 Å². The van der Waals surface area contributed by atoms with E-state index in [0.29, 0.717) is 12.3 Å². The van der Waals surface area contributed by atoms with Gasteiger partial charge in [-0.05, 0) is 42.5 Å². The van der Waals surface area contributed by atoms with E-state index >= 15 is 0 Å². The van der Waals surface area contributed by atoms with Crippen LogP contribution in [0.2, 0.25) is 0 Å². The highest BCUT2D eigenvalue weighted by molar-refractivity contribution is 5.86. The molecule has 1 aliphatic carbocycles. The molecule has 1 aromatic carbocycles. The highest BCUT2D eigenvalue weighted by atomic mass is 35.5. The van der Waals surface area contributed by atoms with Crippen LogP contribution in [-0.2, 0) is 17.8 Å². The minimum atomic E-state index is -0.645. The van der Waals surface area contributed by atoms with Crippen molar-refractivity contribution in [1.29, 1.82) is 0 Å². The molecule has 5 nitrogen and oxygen atoms in total. The van der Waals surface area contributed by atoms with Crippen LogP contribution in [0.5, 0.6) is 11.5 Å². The number of nitrogens with zero attached hydrogens (tertiary/aromatic N) is 1. The van der Waals surface area contributed by atoms with Crippen molar-refractivity contribution < 1.29 is 14.3 Å². The summed E-state index contributed by atoms with van der Waals surface area (Å²) in [5.41, 5.74) is 8.02. The lowest BCUT2D eigenvalue weighted by atomic mass is 9.93. The molecule has 0 radical (unpaired) electrons. The number of carbonyl (C=O) groups excluding carboxylic acids is 1. The van der Waals surface area contributed by atoms with Crippen molar-refractivity contribution in [2.45, 2.75) is 44.2 Å². The third-order valence-corrected chi connectivity index (χ3v) is 4.93. The number of nitrogens with two attached hydrogens (primary N) is 1. The Balaban J connectivity index is 0.00000192. The van der Waals surface area contributed by atoms with Crippen molar-refractivity contribution in [3.8, 4) is 11.5 Å². The van der Waals surface area contributed by atoms with Crippen LogP contribution in [0.4, 0.5) is 0 Å². The SMILES string of the molecule is COc1cc2c(cc1OC)CN(C(=O)C1(N)CCCC1)CC2.Cl. The standard InChI is InChI=1S/C17H24N2O3.ClH/c1-21-14-9-12-5-8-19(11-13(12)10-15(14)22-2)16(20)17(18)6-3-4-7-17;/h9-10H,3-8,11,18H2,1-2H3;1H. The molecule has 0 saturated heterocycles. The molecule has 128 valence electrons.